The monoisotopic (exact) mass is 432 g/mol. The van der Waals surface area contributed by atoms with Gasteiger partial charge in [-0.1, -0.05) is 32.9 Å². The minimum Gasteiger partial charge on any atom is -0.450 e. The number of aliphatic hydroxyl groups excluding tert-OH is 1. The largest absolute Gasteiger partial charge is 0.450 e. The number of hydrogen-bond acceptors (Lipinski definition) is 7. The summed E-state index contributed by atoms with van der Waals surface area (Å²) in [6, 6.07) is 7.37. The quantitative estimate of drug-likeness (QED) is 0.609. The molecule has 9 heteroatoms. The van der Waals surface area contributed by atoms with Crippen LogP contribution in [0.2, 0.25) is 18.1 Å². The highest BCUT2D eigenvalue weighted by Gasteiger charge is 2.49. The molecular formula is C21H29N3O5Si. The molecule has 8 nitrogen and oxygen atoms in total. The first-order valence-corrected chi connectivity index (χ1v) is 12.9. The number of benzene rings is 1. The number of fused-ring (bicyclic) bond motifs is 2. The molecule has 0 aliphatic carbocycles. The standard InChI is InChI=1S/C21H29N3O5Si/c1-12-16(25)17(29-30(5,6)21(2,3)4)19(27-12)24-11-15-18(23-20(24)26)22-13-9-7-8-10-14(13)28-15/h7-12,16-17,19,25H,1-6H3,(H,22,23,26)/t12-,16+,17?,19-/m1/s1/i1D. The zero-order chi connectivity index (χ0) is 22.6. The van der Waals surface area contributed by atoms with Gasteiger partial charge in [0, 0.05) is 1.37 Å². The molecule has 4 atom stereocenters. The number of nitrogens with one attached hydrogen (secondary N) is 1. The van der Waals surface area contributed by atoms with Crippen molar-refractivity contribution in [3.8, 4) is 11.5 Å². The molecule has 1 aromatic carbocycles. The van der Waals surface area contributed by atoms with Crippen molar-refractivity contribution < 1.29 is 20.4 Å². The van der Waals surface area contributed by atoms with Crippen molar-refractivity contribution in [3.05, 3.63) is 40.9 Å². The zero-order valence-corrected chi connectivity index (χ0v) is 18.9. The number of ether oxygens (including phenoxy) is 2. The fraction of sp³-hybridized carbons (Fsp3) is 0.524. The molecule has 0 bridgehead atoms. The van der Waals surface area contributed by atoms with Gasteiger partial charge in [0.2, 0.25) is 0 Å². The molecule has 0 saturated carbocycles. The lowest BCUT2D eigenvalue weighted by Gasteiger charge is -2.40. The molecule has 162 valence electrons. The highest BCUT2D eigenvalue weighted by Crippen LogP contribution is 2.43. The van der Waals surface area contributed by atoms with Gasteiger partial charge in [-0.15, -0.1) is 0 Å². The number of hydrogen-bond donors (Lipinski definition) is 2. The van der Waals surface area contributed by atoms with Gasteiger partial charge >= 0.3 is 5.69 Å². The summed E-state index contributed by atoms with van der Waals surface area (Å²) in [6.07, 6.45) is -1.97. The number of para-hydroxylation sites is 2. The summed E-state index contributed by atoms with van der Waals surface area (Å²) < 4.78 is 27.4. The van der Waals surface area contributed by atoms with Crippen LogP contribution in [0.5, 0.6) is 11.5 Å². The summed E-state index contributed by atoms with van der Waals surface area (Å²) in [4.78, 5) is 17.0. The average Bonchev–Trinajstić information content (AvgIpc) is 3.00. The van der Waals surface area contributed by atoms with Crippen molar-refractivity contribution in [2.24, 2.45) is 0 Å². The summed E-state index contributed by atoms with van der Waals surface area (Å²) in [5.41, 5.74) is 0.168. The lowest BCUT2D eigenvalue weighted by atomic mass is 10.1. The van der Waals surface area contributed by atoms with Crippen LogP contribution in [-0.4, -0.2) is 41.3 Å². The van der Waals surface area contributed by atoms with Crippen LogP contribution in [0.4, 0.5) is 11.5 Å². The van der Waals surface area contributed by atoms with Crippen LogP contribution >= 0.6 is 0 Å². The Morgan fingerprint density at radius 3 is 2.73 bits per heavy atom. The molecule has 2 aromatic rings. The molecule has 30 heavy (non-hydrogen) atoms. The Morgan fingerprint density at radius 1 is 1.30 bits per heavy atom. The van der Waals surface area contributed by atoms with E-state index in [9.17, 15) is 9.90 Å². The molecule has 2 aliphatic rings. The molecule has 3 heterocycles. The van der Waals surface area contributed by atoms with Gasteiger partial charge in [0.1, 0.15) is 12.2 Å². The number of aliphatic hydroxyl groups is 1. The Balaban J connectivity index is 1.71. The Labute approximate surface area is 178 Å². The molecule has 0 radical (unpaired) electrons. The van der Waals surface area contributed by atoms with E-state index in [-0.39, 0.29) is 11.9 Å². The maximum atomic E-state index is 12.9. The van der Waals surface area contributed by atoms with Gasteiger partial charge in [-0.25, -0.2) is 4.79 Å². The number of anilines is 2. The SMILES string of the molecule is [2H]C[C@H]1O[C@@H](n2cc3c(nc2=O)Nc2ccccc2O3)C(O[Si](C)(C)C(C)(C)C)[C@H]1O. The topological polar surface area (TPSA) is 94.8 Å². The van der Waals surface area contributed by atoms with Crippen LogP contribution in [0.3, 0.4) is 0 Å². The maximum absolute atomic E-state index is 12.9. The van der Waals surface area contributed by atoms with Crippen LogP contribution in [0.15, 0.2) is 35.3 Å². The van der Waals surface area contributed by atoms with Crippen molar-refractivity contribution in [3.63, 3.8) is 0 Å². The smallest absolute Gasteiger partial charge is 0.351 e. The third kappa shape index (κ3) is 3.56. The van der Waals surface area contributed by atoms with Gasteiger partial charge in [0.25, 0.3) is 0 Å². The Bertz CT molecular complexity index is 1040. The van der Waals surface area contributed by atoms with E-state index in [1.807, 2.05) is 24.3 Å². The predicted molar refractivity (Wildman–Crippen MR) is 116 cm³/mol. The number of nitrogens with zero attached hydrogens (tertiary/aromatic N) is 2. The van der Waals surface area contributed by atoms with E-state index in [1.165, 1.54) is 10.8 Å². The van der Waals surface area contributed by atoms with Crippen LogP contribution in [0.25, 0.3) is 0 Å². The van der Waals surface area contributed by atoms with E-state index in [0.29, 0.717) is 17.3 Å². The van der Waals surface area contributed by atoms with Gasteiger partial charge in [-0.05, 0) is 37.2 Å². The van der Waals surface area contributed by atoms with Crippen molar-refractivity contribution in [1.29, 1.82) is 0 Å². The van der Waals surface area contributed by atoms with Gasteiger partial charge < -0.3 is 24.3 Å². The lowest BCUT2D eigenvalue weighted by Crippen LogP contribution is -2.49. The van der Waals surface area contributed by atoms with Crippen molar-refractivity contribution in [1.82, 2.24) is 9.55 Å². The summed E-state index contributed by atoms with van der Waals surface area (Å²) in [5, 5.41) is 13.8. The van der Waals surface area contributed by atoms with Crippen LogP contribution in [0, 0.1) is 0 Å². The highest BCUT2D eigenvalue weighted by molar-refractivity contribution is 6.74. The van der Waals surface area contributed by atoms with Gasteiger partial charge in [-0.3, -0.25) is 4.57 Å². The Hall–Kier alpha value is -2.20. The Kier molecular flexibility index (Phi) is 4.73. The van der Waals surface area contributed by atoms with Crippen LogP contribution < -0.4 is 15.7 Å². The summed E-state index contributed by atoms with van der Waals surface area (Å²) >= 11 is 0. The summed E-state index contributed by atoms with van der Waals surface area (Å²) in [7, 11) is -2.30. The fourth-order valence-corrected chi connectivity index (χ4v) is 4.58. The maximum Gasteiger partial charge on any atom is 0.351 e. The first kappa shape index (κ1) is 19.7. The molecule has 2 aliphatic heterocycles. The van der Waals surface area contributed by atoms with Crippen LogP contribution in [0.1, 0.15) is 35.3 Å². The predicted octanol–water partition coefficient (Wildman–Crippen LogP) is 3.76. The lowest BCUT2D eigenvalue weighted by molar-refractivity contribution is -0.0313. The normalized spacial score (nSPS) is 26.3. The van der Waals surface area contributed by atoms with Crippen molar-refractivity contribution in [2.75, 3.05) is 5.32 Å². The van der Waals surface area contributed by atoms with Gasteiger partial charge in [-0.2, -0.15) is 4.98 Å². The molecular weight excluding hydrogens is 402 g/mol. The molecule has 1 saturated heterocycles. The van der Waals surface area contributed by atoms with E-state index in [0.717, 1.165) is 5.69 Å². The molecule has 1 aromatic heterocycles. The van der Waals surface area contributed by atoms with Crippen molar-refractivity contribution in [2.45, 2.75) is 70.3 Å². The van der Waals surface area contributed by atoms with E-state index in [2.05, 4.69) is 44.2 Å². The second kappa shape index (κ2) is 7.19. The van der Waals surface area contributed by atoms with E-state index in [4.69, 9.17) is 15.3 Å². The number of rotatable bonds is 3. The van der Waals surface area contributed by atoms with E-state index in [1.54, 1.807) is 0 Å². The minimum absolute atomic E-state index is 0.105. The second-order valence-corrected chi connectivity index (χ2v) is 14.0. The zero-order valence-electron chi connectivity index (χ0n) is 18.9. The summed E-state index contributed by atoms with van der Waals surface area (Å²) in [6.45, 7) is 10.3. The second-order valence-electron chi connectivity index (χ2n) is 9.27. The first-order chi connectivity index (χ1) is 14.5. The fourth-order valence-electron chi connectivity index (χ4n) is 3.29. The molecule has 0 amide bonds. The molecule has 1 unspecified atom stereocenters. The van der Waals surface area contributed by atoms with E-state index >= 15 is 0 Å². The molecule has 4 rings (SSSR count). The Morgan fingerprint density at radius 2 is 2.03 bits per heavy atom. The van der Waals surface area contributed by atoms with Gasteiger partial charge in [0.05, 0.1) is 18.0 Å². The molecule has 0 spiro atoms. The van der Waals surface area contributed by atoms with Gasteiger partial charge in [0.15, 0.2) is 31.9 Å². The minimum atomic E-state index is -2.30. The molecule has 2 N–H and O–H groups in total. The molecule has 1 fully saturated rings. The summed E-state index contributed by atoms with van der Waals surface area (Å²) in [5.74, 6) is 1.31. The van der Waals surface area contributed by atoms with Crippen molar-refractivity contribution >= 4 is 19.8 Å². The third-order valence-corrected chi connectivity index (χ3v) is 10.6. The highest BCUT2D eigenvalue weighted by atomic mass is 28.4. The first-order valence-electron chi connectivity index (χ1n) is 10.7. The van der Waals surface area contributed by atoms with Crippen LogP contribution in [-0.2, 0) is 9.16 Å². The average molecular weight is 433 g/mol. The number of aromatic nitrogens is 2. The van der Waals surface area contributed by atoms with E-state index < -0.39 is 38.5 Å². The third-order valence-electron chi connectivity index (χ3n) is 6.10.